The number of rotatable bonds is 4. The molecule has 2 aromatic rings. The summed E-state index contributed by atoms with van der Waals surface area (Å²) in [7, 11) is -4.22. The highest BCUT2D eigenvalue weighted by atomic mass is 32.2. The molecule has 8 heteroatoms. The minimum absolute atomic E-state index is 0.0777. The van der Waals surface area contributed by atoms with Crippen molar-refractivity contribution < 1.29 is 17.6 Å². The van der Waals surface area contributed by atoms with Gasteiger partial charge in [0.2, 0.25) is 5.91 Å². The maximum Gasteiger partial charge on any atom is 0.266 e. The van der Waals surface area contributed by atoms with Crippen molar-refractivity contribution >= 4 is 27.3 Å². The SMILES string of the molecule is NC(=O)c1cccc(NS(=O)(=O)c2c(N)cccc2F)c1. The van der Waals surface area contributed by atoms with Crippen LogP contribution >= 0.6 is 0 Å². The van der Waals surface area contributed by atoms with Gasteiger partial charge in [0.25, 0.3) is 10.0 Å². The Labute approximate surface area is 120 Å². The van der Waals surface area contributed by atoms with Crippen LogP contribution in [0.5, 0.6) is 0 Å². The zero-order valence-electron chi connectivity index (χ0n) is 10.7. The number of anilines is 2. The van der Waals surface area contributed by atoms with Crippen molar-refractivity contribution in [2.75, 3.05) is 10.5 Å². The molecule has 0 fully saturated rings. The molecule has 0 unspecified atom stereocenters. The van der Waals surface area contributed by atoms with Crippen LogP contribution in [-0.4, -0.2) is 14.3 Å². The first-order chi connectivity index (χ1) is 9.81. The summed E-state index contributed by atoms with van der Waals surface area (Å²) >= 11 is 0. The lowest BCUT2D eigenvalue weighted by Gasteiger charge is -2.11. The first-order valence-corrected chi connectivity index (χ1v) is 7.26. The molecule has 0 aliphatic rings. The van der Waals surface area contributed by atoms with Crippen LogP contribution in [0.15, 0.2) is 47.4 Å². The number of hydrogen-bond donors (Lipinski definition) is 3. The smallest absolute Gasteiger partial charge is 0.266 e. The second kappa shape index (κ2) is 5.41. The van der Waals surface area contributed by atoms with Crippen LogP contribution in [0, 0.1) is 5.82 Å². The summed E-state index contributed by atoms with van der Waals surface area (Å²) in [5.74, 6) is -1.67. The lowest BCUT2D eigenvalue weighted by Crippen LogP contribution is -2.17. The molecule has 1 amide bonds. The predicted molar refractivity (Wildman–Crippen MR) is 76.6 cm³/mol. The van der Waals surface area contributed by atoms with Gasteiger partial charge in [0.1, 0.15) is 10.7 Å². The summed E-state index contributed by atoms with van der Waals surface area (Å²) in [6, 6.07) is 9.10. The van der Waals surface area contributed by atoms with Gasteiger partial charge in [-0.15, -0.1) is 0 Å². The highest BCUT2D eigenvalue weighted by Gasteiger charge is 2.22. The van der Waals surface area contributed by atoms with E-state index in [9.17, 15) is 17.6 Å². The topological polar surface area (TPSA) is 115 Å². The summed E-state index contributed by atoms with van der Waals surface area (Å²) < 4.78 is 40.2. The molecule has 0 heterocycles. The number of benzene rings is 2. The fraction of sp³-hybridized carbons (Fsp3) is 0. The van der Waals surface area contributed by atoms with Crippen LogP contribution in [-0.2, 0) is 10.0 Å². The zero-order chi connectivity index (χ0) is 15.6. The van der Waals surface area contributed by atoms with Gasteiger partial charge in [-0.1, -0.05) is 12.1 Å². The van der Waals surface area contributed by atoms with Gasteiger partial charge < -0.3 is 11.5 Å². The van der Waals surface area contributed by atoms with E-state index >= 15 is 0 Å². The monoisotopic (exact) mass is 309 g/mol. The van der Waals surface area contributed by atoms with Gasteiger partial charge in [0.15, 0.2) is 0 Å². The van der Waals surface area contributed by atoms with E-state index in [-0.39, 0.29) is 16.9 Å². The van der Waals surface area contributed by atoms with E-state index < -0.39 is 26.6 Å². The van der Waals surface area contributed by atoms with E-state index in [1.807, 2.05) is 0 Å². The lowest BCUT2D eigenvalue weighted by molar-refractivity contribution is 0.100. The number of carbonyl (C=O) groups is 1. The Morgan fingerprint density at radius 2 is 1.81 bits per heavy atom. The van der Waals surface area contributed by atoms with Crippen LogP contribution in [0.3, 0.4) is 0 Å². The third-order valence-electron chi connectivity index (χ3n) is 2.67. The molecule has 0 aliphatic carbocycles. The Bertz CT molecular complexity index is 786. The quantitative estimate of drug-likeness (QED) is 0.738. The largest absolute Gasteiger partial charge is 0.398 e. The number of carbonyl (C=O) groups excluding carboxylic acids is 1. The number of hydrogen-bond acceptors (Lipinski definition) is 4. The fourth-order valence-corrected chi connectivity index (χ4v) is 2.99. The molecule has 5 N–H and O–H groups in total. The van der Waals surface area contributed by atoms with Crippen molar-refractivity contribution in [3.8, 4) is 0 Å². The highest BCUT2D eigenvalue weighted by Crippen LogP contribution is 2.24. The van der Waals surface area contributed by atoms with E-state index in [0.29, 0.717) is 0 Å². The van der Waals surface area contributed by atoms with Gasteiger partial charge in [-0.05, 0) is 30.3 Å². The van der Waals surface area contributed by atoms with Gasteiger partial charge in [0, 0.05) is 11.3 Å². The number of primary amides is 1. The summed E-state index contributed by atoms with van der Waals surface area (Å²) in [6.45, 7) is 0. The van der Waals surface area contributed by atoms with Crippen molar-refractivity contribution in [1.82, 2.24) is 0 Å². The van der Waals surface area contributed by atoms with E-state index in [1.165, 1.54) is 36.4 Å². The molecule has 0 saturated heterocycles. The summed E-state index contributed by atoms with van der Waals surface area (Å²) in [5, 5.41) is 0. The van der Waals surface area contributed by atoms with Crippen molar-refractivity contribution in [3.63, 3.8) is 0 Å². The molecular weight excluding hydrogens is 297 g/mol. The summed E-state index contributed by atoms with van der Waals surface area (Å²) in [5.41, 5.74) is 10.6. The van der Waals surface area contributed by atoms with Gasteiger partial charge in [-0.25, -0.2) is 12.8 Å². The Kier molecular flexibility index (Phi) is 3.81. The third-order valence-corrected chi connectivity index (χ3v) is 4.14. The Morgan fingerprint density at radius 3 is 2.43 bits per heavy atom. The first-order valence-electron chi connectivity index (χ1n) is 5.78. The Hall–Kier alpha value is -2.61. The van der Waals surface area contributed by atoms with E-state index in [1.54, 1.807) is 0 Å². The average molecular weight is 309 g/mol. The minimum Gasteiger partial charge on any atom is -0.398 e. The van der Waals surface area contributed by atoms with Crippen LogP contribution in [0.2, 0.25) is 0 Å². The molecule has 6 nitrogen and oxygen atoms in total. The molecule has 0 radical (unpaired) electrons. The standard InChI is InChI=1S/C13H12FN3O3S/c14-10-5-2-6-11(15)12(10)21(19,20)17-9-4-1-3-8(7-9)13(16)18/h1-7,17H,15H2,(H2,16,18). The van der Waals surface area contributed by atoms with Gasteiger partial charge in [-0.2, -0.15) is 0 Å². The molecule has 0 saturated carbocycles. The van der Waals surface area contributed by atoms with Gasteiger partial charge in [-0.3, -0.25) is 9.52 Å². The maximum absolute atomic E-state index is 13.7. The first kappa shape index (κ1) is 14.8. The van der Waals surface area contributed by atoms with Crippen molar-refractivity contribution in [3.05, 3.63) is 53.8 Å². The molecule has 2 rings (SSSR count). The molecule has 0 aliphatic heterocycles. The second-order valence-corrected chi connectivity index (χ2v) is 5.83. The van der Waals surface area contributed by atoms with E-state index in [2.05, 4.69) is 4.72 Å². The number of nitrogens with two attached hydrogens (primary N) is 2. The Balaban J connectivity index is 2.43. The molecule has 2 aromatic carbocycles. The Morgan fingerprint density at radius 1 is 1.14 bits per heavy atom. The highest BCUT2D eigenvalue weighted by molar-refractivity contribution is 7.92. The number of amides is 1. The van der Waals surface area contributed by atoms with Crippen LogP contribution < -0.4 is 16.2 Å². The number of halogens is 1. The molecule has 0 bridgehead atoms. The average Bonchev–Trinajstić information content (AvgIpc) is 2.37. The molecule has 0 atom stereocenters. The second-order valence-electron chi connectivity index (χ2n) is 4.21. The summed E-state index contributed by atoms with van der Waals surface area (Å²) in [4.78, 5) is 10.4. The van der Waals surface area contributed by atoms with E-state index in [0.717, 1.165) is 6.07 Å². The van der Waals surface area contributed by atoms with Crippen LogP contribution in [0.1, 0.15) is 10.4 Å². The molecular formula is C13H12FN3O3S. The number of nitrogen functional groups attached to an aromatic ring is 1. The molecule has 110 valence electrons. The maximum atomic E-state index is 13.7. The molecule has 0 aromatic heterocycles. The lowest BCUT2D eigenvalue weighted by atomic mass is 10.2. The van der Waals surface area contributed by atoms with E-state index in [4.69, 9.17) is 11.5 Å². The molecule has 21 heavy (non-hydrogen) atoms. The van der Waals surface area contributed by atoms with Crippen molar-refractivity contribution in [2.45, 2.75) is 4.90 Å². The summed E-state index contributed by atoms with van der Waals surface area (Å²) in [6.07, 6.45) is 0. The van der Waals surface area contributed by atoms with Gasteiger partial charge >= 0.3 is 0 Å². The number of nitrogens with one attached hydrogen (secondary N) is 1. The fourth-order valence-electron chi connectivity index (χ4n) is 1.75. The van der Waals surface area contributed by atoms with Crippen LogP contribution in [0.4, 0.5) is 15.8 Å². The van der Waals surface area contributed by atoms with Crippen molar-refractivity contribution in [2.24, 2.45) is 5.73 Å². The normalized spacial score (nSPS) is 11.1. The minimum atomic E-state index is -4.22. The predicted octanol–water partition coefficient (Wildman–Crippen LogP) is 1.31. The third kappa shape index (κ3) is 3.11. The van der Waals surface area contributed by atoms with Crippen LogP contribution in [0.25, 0.3) is 0 Å². The van der Waals surface area contributed by atoms with Crippen molar-refractivity contribution in [1.29, 1.82) is 0 Å². The van der Waals surface area contributed by atoms with Gasteiger partial charge in [0.05, 0.1) is 5.69 Å². The zero-order valence-corrected chi connectivity index (χ0v) is 11.5. The molecule has 0 spiro atoms. The number of sulfonamides is 1.